The van der Waals surface area contributed by atoms with Gasteiger partial charge in [-0.2, -0.15) is 0 Å². The van der Waals surface area contributed by atoms with Crippen LogP contribution in [0.3, 0.4) is 0 Å². The van der Waals surface area contributed by atoms with E-state index in [2.05, 4.69) is 21.2 Å². The molecule has 0 aliphatic carbocycles. The summed E-state index contributed by atoms with van der Waals surface area (Å²) in [5.74, 6) is -1.61. The summed E-state index contributed by atoms with van der Waals surface area (Å²) < 4.78 is 0.628. The van der Waals surface area contributed by atoms with E-state index < -0.39 is 17.9 Å². The fraction of sp³-hybridized carbons (Fsp3) is 0.333. The van der Waals surface area contributed by atoms with E-state index in [9.17, 15) is 9.59 Å². The first-order chi connectivity index (χ1) is 7.56. The van der Waals surface area contributed by atoms with E-state index in [0.29, 0.717) is 9.35 Å². The zero-order valence-corrected chi connectivity index (χ0v) is 10.5. The van der Waals surface area contributed by atoms with Crippen molar-refractivity contribution in [2.45, 2.75) is 12.5 Å². The van der Waals surface area contributed by atoms with Gasteiger partial charge in [-0.25, -0.2) is 4.79 Å². The Morgan fingerprint density at radius 3 is 2.69 bits per heavy atom. The lowest BCUT2D eigenvalue weighted by atomic mass is 10.2. The SMILES string of the molecule is O=C(NC(CCO)C(=O)O)c1sccc1Br. The van der Waals surface area contributed by atoms with Gasteiger partial charge in [-0.1, -0.05) is 0 Å². The number of carboxylic acids is 1. The van der Waals surface area contributed by atoms with Gasteiger partial charge in [-0.15, -0.1) is 11.3 Å². The fourth-order valence-corrected chi connectivity index (χ4v) is 2.52. The van der Waals surface area contributed by atoms with Crippen LogP contribution in [0, 0.1) is 0 Å². The summed E-state index contributed by atoms with van der Waals surface area (Å²) in [7, 11) is 0. The minimum atomic E-state index is -1.16. The lowest BCUT2D eigenvalue weighted by Gasteiger charge is -2.12. The third-order valence-corrected chi connectivity index (χ3v) is 3.68. The van der Waals surface area contributed by atoms with Crippen LogP contribution in [0.1, 0.15) is 16.1 Å². The molecule has 3 N–H and O–H groups in total. The molecule has 5 nitrogen and oxygen atoms in total. The molecular formula is C9H10BrNO4S. The lowest BCUT2D eigenvalue weighted by Crippen LogP contribution is -2.41. The number of carbonyl (C=O) groups is 2. The average molecular weight is 308 g/mol. The zero-order valence-electron chi connectivity index (χ0n) is 8.14. The molecule has 0 spiro atoms. The van der Waals surface area contributed by atoms with Crippen molar-refractivity contribution in [1.82, 2.24) is 5.32 Å². The molecule has 7 heteroatoms. The van der Waals surface area contributed by atoms with E-state index in [1.165, 1.54) is 11.3 Å². The molecule has 16 heavy (non-hydrogen) atoms. The fourth-order valence-electron chi connectivity index (χ4n) is 1.07. The van der Waals surface area contributed by atoms with Crippen molar-refractivity contribution < 1.29 is 19.8 Å². The van der Waals surface area contributed by atoms with Gasteiger partial charge in [0.15, 0.2) is 0 Å². The summed E-state index contributed by atoms with van der Waals surface area (Å²) in [4.78, 5) is 22.8. The van der Waals surface area contributed by atoms with E-state index in [0.717, 1.165) is 0 Å². The summed E-state index contributed by atoms with van der Waals surface area (Å²) in [6.45, 7) is -0.289. The molecule has 0 aliphatic rings. The van der Waals surface area contributed by atoms with Gasteiger partial charge in [0.25, 0.3) is 5.91 Å². The number of hydrogen-bond acceptors (Lipinski definition) is 4. The second-order valence-electron chi connectivity index (χ2n) is 2.97. The van der Waals surface area contributed by atoms with Gasteiger partial charge in [0.05, 0.1) is 0 Å². The molecule has 0 saturated heterocycles. The minimum absolute atomic E-state index is 0.00985. The summed E-state index contributed by atoms with van der Waals surface area (Å²) >= 11 is 4.40. The molecule has 0 fully saturated rings. The quantitative estimate of drug-likeness (QED) is 0.759. The Morgan fingerprint density at radius 2 is 2.25 bits per heavy atom. The molecule has 1 aromatic heterocycles. The molecule has 0 aliphatic heterocycles. The van der Waals surface area contributed by atoms with Gasteiger partial charge in [0, 0.05) is 17.5 Å². The molecule has 1 atom stereocenters. The number of thiophene rings is 1. The van der Waals surface area contributed by atoms with Crippen LogP contribution in [-0.2, 0) is 4.79 Å². The summed E-state index contributed by atoms with van der Waals surface area (Å²) in [5.41, 5.74) is 0. The van der Waals surface area contributed by atoms with Gasteiger partial charge in [-0.3, -0.25) is 4.79 Å². The molecular weight excluding hydrogens is 298 g/mol. The highest BCUT2D eigenvalue weighted by atomic mass is 79.9. The van der Waals surface area contributed by atoms with Crippen LogP contribution in [-0.4, -0.2) is 34.7 Å². The van der Waals surface area contributed by atoms with E-state index in [4.69, 9.17) is 10.2 Å². The topological polar surface area (TPSA) is 86.6 Å². The van der Waals surface area contributed by atoms with Crippen LogP contribution in [0.5, 0.6) is 0 Å². The van der Waals surface area contributed by atoms with Crippen LogP contribution in [0.25, 0.3) is 0 Å². The number of halogens is 1. The maximum absolute atomic E-state index is 11.6. The van der Waals surface area contributed by atoms with Crippen molar-refractivity contribution in [1.29, 1.82) is 0 Å². The molecule has 0 bridgehead atoms. The largest absolute Gasteiger partial charge is 0.480 e. The van der Waals surface area contributed by atoms with Crippen molar-refractivity contribution in [3.8, 4) is 0 Å². The molecule has 1 aromatic rings. The van der Waals surface area contributed by atoms with Crippen LogP contribution in [0.2, 0.25) is 0 Å². The van der Waals surface area contributed by atoms with E-state index >= 15 is 0 Å². The van der Waals surface area contributed by atoms with Crippen LogP contribution in [0.4, 0.5) is 0 Å². The van der Waals surface area contributed by atoms with Crippen LogP contribution in [0.15, 0.2) is 15.9 Å². The smallest absolute Gasteiger partial charge is 0.326 e. The predicted octanol–water partition coefficient (Wildman–Crippen LogP) is 1.08. The highest BCUT2D eigenvalue weighted by Gasteiger charge is 2.21. The number of carboxylic acid groups (broad SMARTS) is 1. The van der Waals surface area contributed by atoms with E-state index in [1.807, 2.05) is 0 Å². The van der Waals surface area contributed by atoms with Gasteiger partial charge >= 0.3 is 5.97 Å². The second kappa shape index (κ2) is 5.97. The van der Waals surface area contributed by atoms with Crippen molar-refractivity contribution in [3.05, 3.63) is 20.8 Å². The first-order valence-electron chi connectivity index (χ1n) is 4.43. The third-order valence-electron chi connectivity index (χ3n) is 1.84. The molecule has 1 unspecified atom stereocenters. The monoisotopic (exact) mass is 307 g/mol. The molecule has 88 valence electrons. The van der Waals surface area contributed by atoms with E-state index in [1.54, 1.807) is 11.4 Å². The van der Waals surface area contributed by atoms with Crippen molar-refractivity contribution >= 4 is 39.1 Å². The molecule has 1 heterocycles. The van der Waals surface area contributed by atoms with Crippen molar-refractivity contribution in [2.75, 3.05) is 6.61 Å². The predicted molar refractivity (Wildman–Crippen MR) is 62.6 cm³/mol. The Balaban J connectivity index is 2.69. The van der Waals surface area contributed by atoms with Gasteiger partial charge in [-0.05, 0) is 27.4 Å². The zero-order chi connectivity index (χ0) is 12.1. The number of nitrogens with one attached hydrogen (secondary N) is 1. The average Bonchev–Trinajstić information content (AvgIpc) is 2.63. The summed E-state index contributed by atoms with van der Waals surface area (Å²) in [5, 5.41) is 21.5. The van der Waals surface area contributed by atoms with Gasteiger partial charge in [0.2, 0.25) is 0 Å². The second-order valence-corrected chi connectivity index (χ2v) is 4.74. The Bertz CT molecular complexity index is 393. The van der Waals surface area contributed by atoms with E-state index in [-0.39, 0.29) is 13.0 Å². The third kappa shape index (κ3) is 3.29. The number of amides is 1. The molecule has 1 amide bonds. The number of aliphatic hydroxyl groups is 1. The summed E-state index contributed by atoms with van der Waals surface area (Å²) in [6, 6.07) is 0.646. The van der Waals surface area contributed by atoms with Crippen LogP contribution < -0.4 is 5.32 Å². The maximum atomic E-state index is 11.6. The number of rotatable bonds is 5. The Morgan fingerprint density at radius 1 is 1.56 bits per heavy atom. The molecule has 0 saturated carbocycles. The number of carbonyl (C=O) groups excluding carboxylic acids is 1. The van der Waals surface area contributed by atoms with Crippen molar-refractivity contribution in [3.63, 3.8) is 0 Å². The Kier molecular flexibility index (Phi) is 4.91. The van der Waals surface area contributed by atoms with Gasteiger partial charge < -0.3 is 15.5 Å². The molecule has 1 rings (SSSR count). The Labute approximate surface area is 104 Å². The normalized spacial score (nSPS) is 12.1. The molecule has 0 aromatic carbocycles. The highest BCUT2D eigenvalue weighted by molar-refractivity contribution is 9.10. The minimum Gasteiger partial charge on any atom is -0.480 e. The molecule has 0 radical (unpaired) electrons. The first-order valence-corrected chi connectivity index (χ1v) is 6.11. The number of aliphatic hydroxyl groups excluding tert-OH is 1. The van der Waals surface area contributed by atoms with Gasteiger partial charge in [0.1, 0.15) is 10.9 Å². The number of hydrogen-bond donors (Lipinski definition) is 3. The Hall–Kier alpha value is -0.920. The lowest BCUT2D eigenvalue weighted by molar-refractivity contribution is -0.139. The standard InChI is InChI=1S/C9H10BrNO4S/c10-5-2-4-16-7(5)8(13)11-6(1-3-12)9(14)15/h2,4,6,12H,1,3H2,(H,11,13)(H,14,15). The highest BCUT2D eigenvalue weighted by Crippen LogP contribution is 2.22. The summed E-state index contributed by atoms with van der Waals surface area (Å²) in [6.07, 6.45) is -0.00985. The first kappa shape index (κ1) is 13.1. The van der Waals surface area contributed by atoms with Crippen molar-refractivity contribution in [2.24, 2.45) is 0 Å². The van der Waals surface area contributed by atoms with Crippen LogP contribution >= 0.6 is 27.3 Å². The maximum Gasteiger partial charge on any atom is 0.326 e. The number of aliphatic carboxylic acids is 1.